The molecular weight excluding hydrogens is 226 g/mol. The van der Waals surface area contributed by atoms with Crippen LogP contribution < -0.4 is 16.2 Å². The second-order valence-electron chi connectivity index (χ2n) is 5.08. The SMILES string of the molecule is CN(C)c1cccc(C(NN)C2CCOCC2)c1. The zero-order valence-electron chi connectivity index (χ0n) is 11.2. The Morgan fingerprint density at radius 3 is 2.67 bits per heavy atom. The Labute approximate surface area is 109 Å². The van der Waals surface area contributed by atoms with Gasteiger partial charge in [0.15, 0.2) is 0 Å². The average Bonchev–Trinajstić information content (AvgIpc) is 2.41. The number of hydrazine groups is 1. The van der Waals surface area contributed by atoms with Crippen molar-refractivity contribution in [2.75, 3.05) is 32.2 Å². The highest BCUT2D eigenvalue weighted by molar-refractivity contribution is 5.47. The first-order valence-electron chi connectivity index (χ1n) is 6.53. The molecule has 1 heterocycles. The molecule has 1 fully saturated rings. The van der Waals surface area contributed by atoms with Gasteiger partial charge in [-0.25, -0.2) is 0 Å². The second kappa shape index (κ2) is 6.18. The van der Waals surface area contributed by atoms with Gasteiger partial charge in [-0.05, 0) is 36.5 Å². The largest absolute Gasteiger partial charge is 0.381 e. The molecule has 1 atom stereocenters. The van der Waals surface area contributed by atoms with Crippen molar-refractivity contribution in [1.82, 2.24) is 5.43 Å². The third-order valence-electron chi connectivity index (χ3n) is 3.66. The van der Waals surface area contributed by atoms with E-state index in [1.54, 1.807) is 0 Å². The fourth-order valence-electron chi connectivity index (χ4n) is 2.55. The van der Waals surface area contributed by atoms with Crippen LogP contribution in [0.2, 0.25) is 0 Å². The van der Waals surface area contributed by atoms with Crippen molar-refractivity contribution in [2.24, 2.45) is 11.8 Å². The molecule has 4 nitrogen and oxygen atoms in total. The van der Waals surface area contributed by atoms with E-state index in [4.69, 9.17) is 10.6 Å². The molecule has 4 heteroatoms. The number of nitrogens with zero attached hydrogens (tertiary/aromatic N) is 1. The fourth-order valence-corrected chi connectivity index (χ4v) is 2.55. The summed E-state index contributed by atoms with van der Waals surface area (Å²) in [6, 6.07) is 8.77. The van der Waals surface area contributed by atoms with Crippen LogP contribution in [-0.2, 0) is 4.74 Å². The van der Waals surface area contributed by atoms with Crippen LogP contribution in [0.15, 0.2) is 24.3 Å². The lowest BCUT2D eigenvalue weighted by molar-refractivity contribution is 0.0536. The van der Waals surface area contributed by atoms with Crippen LogP contribution in [0.3, 0.4) is 0 Å². The minimum atomic E-state index is 0.216. The first kappa shape index (κ1) is 13.3. The number of benzene rings is 1. The minimum Gasteiger partial charge on any atom is -0.381 e. The molecule has 0 saturated carbocycles. The molecule has 0 aliphatic carbocycles. The first-order chi connectivity index (χ1) is 8.72. The number of rotatable bonds is 4. The summed E-state index contributed by atoms with van der Waals surface area (Å²) >= 11 is 0. The molecule has 0 amide bonds. The normalized spacial score (nSPS) is 18.6. The predicted octanol–water partition coefficient (Wildman–Crippen LogP) is 1.68. The van der Waals surface area contributed by atoms with Gasteiger partial charge in [-0.2, -0.15) is 0 Å². The van der Waals surface area contributed by atoms with Gasteiger partial charge in [0.25, 0.3) is 0 Å². The number of nitrogens with one attached hydrogen (secondary N) is 1. The van der Waals surface area contributed by atoms with E-state index < -0.39 is 0 Å². The molecule has 1 saturated heterocycles. The molecular formula is C14H23N3O. The van der Waals surface area contributed by atoms with Crippen LogP contribution >= 0.6 is 0 Å². The molecule has 1 aromatic carbocycles. The summed E-state index contributed by atoms with van der Waals surface area (Å²) in [5.41, 5.74) is 5.45. The van der Waals surface area contributed by atoms with Gasteiger partial charge in [-0.3, -0.25) is 11.3 Å². The smallest absolute Gasteiger partial charge is 0.0490 e. The van der Waals surface area contributed by atoms with Gasteiger partial charge in [0, 0.05) is 39.0 Å². The van der Waals surface area contributed by atoms with Gasteiger partial charge in [0.05, 0.1) is 0 Å². The van der Waals surface area contributed by atoms with E-state index in [0.717, 1.165) is 26.1 Å². The van der Waals surface area contributed by atoms with Gasteiger partial charge in [-0.15, -0.1) is 0 Å². The van der Waals surface area contributed by atoms with Crippen molar-refractivity contribution in [1.29, 1.82) is 0 Å². The summed E-state index contributed by atoms with van der Waals surface area (Å²) in [6.07, 6.45) is 2.14. The Bertz CT molecular complexity index is 375. The van der Waals surface area contributed by atoms with Gasteiger partial charge in [0.1, 0.15) is 0 Å². The van der Waals surface area contributed by atoms with Gasteiger partial charge >= 0.3 is 0 Å². The lowest BCUT2D eigenvalue weighted by atomic mass is 9.87. The summed E-state index contributed by atoms with van der Waals surface area (Å²) in [4.78, 5) is 2.11. The molecule has 2 rings (SSSR count). The van der Waals surface area contributed by atoms with E-state index in [-0.39, 0.29) is 6.04 Å². The van der Waals surface area contributed by atoms with Crippen LogP contribution in [0.5, 0.6) is 0 Å². The number of ether oxygens (including phenoxy) is 1. The zero-order valence-corrected chi connectivity index (χ0v) is 11.2. The Morgan fingerprint density at radius 2 is 2.06 bits per heavy atom. The lowest BCUT2D eigenvalue weighted by Crippen LogP contribution is -2.36. The average molecular weight is 249 g/mol. The van der Waals surface area contributed by atoms with Crippen molar-refractivity contribution in [3.8, 4) is 0 Å². The second-order valence-corrected chi connectivity index (χ2v) is 5.08. The van der Waals surface area contributed by atoms with Crippen molar-refractivity contribution in [3.63, 3.8) is 0 Å². The maximum atomic E-state index is 5.76. The Hall–Kier alpha value is -1.10. The summed E-state index contributed by atoms with van der Waals surface area (Å²) < 4.78 is 5.42. The molecule has 0 spiro atoms. The topological polar surface area (TPSA) is 50.5 Å². The van der Waals surface area contributed by atoms with Crippen LogP contribution in [0.4, 0.5) is 5.69 Å². The third kappa shape index (κ3) is 3.02. The van der Waals surface area contributed by atoms with Crippen LogP contribution in [0.25, 0.3) is 0 Å². The fraction of sp³-hybridized carbons (Fsp3) is 0.571. The van der Waals surface area contributed by atoms with E-state index in [1.807, 2.05) is 0 Å². The number of hydrogen-bond acceptors (Lipinski definition) is 4. The minimum absolute atomic E-state index is 0.216. The molecule has 0 radical (unpaired) electrons. The standard InChI is InChI=1S/C14H23N3O/c1-17(2)13-5-3-4-12(10-13)14(16-15)11-6-8-18-9-7-11/h3-5,10-11,14,16H,6-9,15H2,1-2H3. The van der Waals surface area contributed by atoms with Crippen LogP contribution in [0, 0.1) is 5.92 Å². The lowest BCUT2D eigenvalue weighted by Gasteiger charge is -2.30. The zero-order chi connectivity index (χ0) is 13.0. The predicted molar refractivity (Wildman–Crippen MR) is 74.4 cm³/mol. The van der Waals surface area contributed by atoms with E-state index in [0.29, 0.717) is 5.92 Å². The maximum absolute atomic E-state index is 5.76. The highest BCUT2D eigenvalue weighted by atomic mass is 16.5. The maximum Gasteiger partial charge on any atom is 0.0490 e. The first-order valence-corrected chi connectivity index (χ1v) is 6.53. The van der Waals surface area contributed by atoms with E-state index in [9.17, 15) is 0 Å². The van der Waals surface area contributed by atoms with E-state index in [1.165, 1.54) is 11.3 Å². The summed E-state index contributed by atoms with van der Waals surface area (Å²) in [6.45, 7) is 1.69. The number of anilines is 1. The summed E-state index contributed by atoms with van der Waals surface area (Å²) in [5, 5.41) is 0. The number of nitrogens with two attached hydrogens (primary N) is 1. The van der Waals surface area contributed by atoms with Crippen molar-refractivity contribution < 1.29 is 4.74 Å². The number of hydrogen-bond donors (Lipinski definition) is 2. The van der Waals surface area contributed by atoms with Crippen molar-refractivity contribution >= 4 is 5.69 Å². The molecule has 1 unspecified atom stereocenters. The van der Waals surface area contributed by atoms with Crippen molar-refractivity contribution in [2.45, 2.75) is 18.9 Å². The molecule has 100 valence electrons. The molecule has 1 aliphatic rings. The molecule has 0 bridgehead atoms. The molecule has 0 aromatic heterocycles. The quantitative estimate of drug-likeness (QED) is 0.630. The highest BCUT2D eigenvalue weighted by Gasteiger charge is 2.24. The Balaban J connectivity index is 2.18. The summed E-state index contributed by atoms with van der Waals surface area (Å²) in [5.74, 6) is 6.31. The third-order valence-corrected chi connectivity index (χ3v) is 3.66. The summed E-state index contributed by atoms with van der Waals surface area (Å²) in [7, 11) is 4.11. The molecule has 18 heavy (non-hydrogen) atoms. The van der Waals surface area contributed by atoms with E-state index in [2.05, 4.69) is 48.7 Å². The molecule has 3 N–H and O–H groups in total. The van der Waals surface area contributed by atoms with Gasteiger partial charge in [0.2, 0.25) is 0 Å². The van der Waals surface area contributed by atoms with Crippen molar-refractivity contribution in [3.05, 3.63) is 29.8 Å². The monoisotopic (exact) mass is 249 g/mol. The van der Waals surface area contributed by atoms with Crippen LogP contribution in [0.1, 0.15) is 24.4 Å². The van der Waals surface area contributed by atoms with Crippen LogP contribution in [-0.4, -0.2) is 27.3 Å². The van der Waals surface area contributed by atoms with E-state index >= 15 is 0 Å². The molecule has 1 aromatic rings. The van der Waals surface area contributed by atoms with Gasteiger partial charge < -0.3 is 9.64 Å². The Kier molecular flexibility index (Phi) is 4.58. The van der Waals surface area contributed by atoms with Gasteiger partial charge in [-0.1, -0.05) is 12.1 Å². The molecule has 1 aliphatic heterocycles. The Morgan fingerprint density at radius 1 is 1.33 bits per heavy atom. The highest BCUT2D eigenvalue weighted by Crippen LogP contribution is 2.30.